The van der Waals surface area contributed by atoms with Gasteiger partial charge in [-0.1, -0.05) is 25.4 Å². The third-order valence-electron chi connectivity index (χ3n) is 2.31. The molecule has 0 heterocycles. The van der Waals surface area contributed by atoms with Crippen LogP contribution in [0.4, 0.5) is 5.69 Å². The number of hydrogen-bond donors (Lipinski definition) is 2. The zero-order chi connectivity index (χ0) is 12.7. The van der Waals surface area contributed by atoms with Crippen LogP contribution in [-0.4, -0.2) is 19.0 Å². The predicted molar refractivity (Wildman–Crippen MR) is 72.4 cm³/mol. The van der Waals surface area contributed by atoms with Gasteiger partial charge in [0.2, 0.25) is 5.91 Å². The van der Waals surface area contributed by atoms with Gasteiger partial charge >= 0.3 is 0 Å². The third-order valence-corrected chi connectivity index (χ3v) is 2.56. The quantitative estimate of drug-likeness (QED) is 0.767. The molecule has 0 aromatic heterocycles. The molecule has 0 atom stereocenters. The summed E-state index contributed by atoms with van der Waals surface area (Å²) in [6.07, 6.45) is 1.08. The fourth-order valence-corrected chi connectivity index (χ4v) is 1.46. The molecule has 0 radical (unpaired) electrons. The molecule has 0 fully saturated rings. The van der Waals surface area contributed by atoms with Crippen LogP contribution in [0.1, 0.15) is 20.3 Å². The molecule has 1 aromatic carbocycles. The molecular weight excluding hydrogens is 236 g/mol. The normalized spacial score (nSPS) is 10.6. The average Bonchev–Trinajstić information content (AvgIpc) is 2.27. The van der Waals surface area contributed by atoms with Crippen LogP contribution in [0.5, 0.6) is 0 Å². The van der Waals surface area contributed by atoms with Crippen LogP contribution >= 0.6 is 11.6 Å². The number of rotatable bonds is 6. The van der Waals surface area contributed by atoms with Gasteiger partial charge in [-0.2, -0.15) is 0 Å². The van der Waals surface area contributed by atoms with Crippen LogP contribution in [0.15, 0.2) is 24.3 Å². The summed E-state index contributed by atoms with van der Waals surface area (Å²) in [6.45, 7) is 5.53. The molecule has 1 aromatic rings. The molecule has 4 heteroatoms. The highest BCUT2D eigenvalue weighted by Crippen LogP contribution is 2.12. The lowest BCUT2D eigenvalue weighted by molar-refractivity contribution is -0.115. The highest BCUT2D eigenvalue weighted by Gasteiger charge is 2.01. The lowest BCUT2D eigenvalue weighted by atomic mass is 10.1. The fraction of sp³-hybridized carbons (Fsp3) is 0.462. The van der Waals surface area contributed by atoms with E-state index in [0.717, 1.165) is 18.7 Å². The van der Waals surface area contributed by atoms with Gasteiger partial charge in [0, 0.05) is 10.7 Å². The Kier molecular flexibility index (Phi) is 6.01. The zero-order valence-corrected chi connectivity index (χ0v) is 11.1. The third kappa shape index (κ3) is 6.29. The van der Waals surface area contributed by atoms with E-state index in [0.29, 0.717) is 17.5 Å². The molecule has 0 aliphatic carbocycles. The van der Waals surface area contributed by atoms with E-state index in [-0.39, 0.29) is 5.91 Å². The Morgan fingerprint density at radius 1 is 1.29 bits per heavy atom. The van der Waals surface area contributed by atoms with Crippen LogP contribution in [0, 0.1) is 5.92 Å². The van der Waals surface area contributed by atoms with Crippen LogP contribution in [0.3, 0.4) is 0 Å². The van der Waals surface area contributed by atoms with E-state index in [4.69, 9.17) is 11.6 Å². The van der Waals surface area contributed by atoms with Gasteiger partial charge in [0.05, 0.1) is 6.54 Å². The molecule has 2 N–H and O–H groups in total. The van der Waals surface area contributed by atoms with Crippen molar-refractivity contribution in [2.45, 2.75) is 20.3 Å². The smallest absolute Gasteiger partial charge is 0.238 e. The van der Waals surface area contributed by atoms with Crippen molar-refractivity contribution in [3.8, 4) is 0 Å². The van der Waals surface area contributed by atoms with Crippen LogP contribution in [-0.2, 0) is 4.79 Å². The summed E-state index contributed by atoms with van der Waals surface area (Å²) in [5.74, 6) is 0.623. The van der Waals surface area contributed by atoms with Gasteiger partial charge in [-0.05, 0) is 43.1 Å². The standard InChI is InChI=1S/C13H19ClN2O/c1-10(2)7-8-15-9-13(17)16-12-5-3-11(14)4-6-12/h3-6,10,15H,7-9H2,1-2H3,(H,16,17). The Hall–Kier alpha value is -1.06. The van der Waals surface area contributed by atoms with Crippen molar-refractivity contribution < 1.29 is 4.79 Å². The number of anilines is 1. The van der Waals surface area contributed by atoms with Gasteiger partial charge in [0.15, 0.2) is 0 Å². The molecule has 0 aliphatic heterocycles. The Bertz CT molecular complexity index is 349. The molecule has 0 unspecified atom stereocenters. The highest BCUT2D eigenvalue weighted by atomic mass is 35.5. The molecule has 17 heavy (non-hydrogen) atoms. The van der Waals surface area contributed by atoms with Crippen molar-refractivity contribution >= 4 is 23.2 Å². The van der Waals surface area contributed by atoms with Crippen molar-refractivity contribution in [1.82, 2.24) is 5.32 Å². The molecule has 1 amide bonds. The summed E-state index contributed by atoms with van der Waals surface area (Å²) in [4.78, 5) is 11.5. The molecule has 3 nitrogen and oxygen atoms in total. The summed E-state index contributed by atoms with van der Waals surface area (Å²) in [6, 6.07) is 7.08. The summed E-state index contributed by atoms with van der Waals surface area (Å²) >= 11 is 5.76. The zero-order valence-electron chi connectivity index (χ0n) is 10.3. The minimum absolute atomic E-state index is 0.0314. The van der Waals surface area contributed by atoms with E-state index in [1.807, 2.05) is 0 Å². The summed E-state index contributed by atoms with van der Waals surface area (Å²) in [5.41, 5.74) is 0.769. The number of carbonyl (C=O) groups is 1. The van der Waals surface area contributed by atoms with Gasteiger partial charge in [-0.25, -0.2) is 0 Å². The lowest BCUT2D eigenvalue weighted by Crippen LogP contribution is -2.29. The molecule has 0 bridgehead atoms. The van der Waals surface area contributed by atoms with Crippen LogP contribution < -0.4 is 10.6 Å². The van der Waals surface area contributed by atoms with E-state index in [9.17, 15) is 4.79 Å². The molecule has 0 aliphatic rings. The molecule has 0 spiro atoms. The van der Waals surface area contributed by atoms with Crippen LogP contribution in [0.25, 0.3) is 0 Å². The van der Waals surface area contributed by atoms with E-state index in [1.54, 1.807) is 24.3 Å². The highest BCUT2D eigenvalue weighted by molar-refractivity contribution is 6.30. The monoisotopic (exact) mass is 254 g/mol. The van der Waals surface area contributed by atoms with Gasteiger partial charge in [-0.3, -0.25) is 4.79 Å². The van der Waals surface area contributed by atoms with Gasteiger partial charge < -0.3 is 10.6 Å². The number of carbonyl (C=O) groups excluding carboxylic acids is 1. The fourth-order valence-electron chi connectivity index (χ4n) is 1.33. The van der Waals surface area contributed by atoms with Gasteiger partial charge in [0.25, 0.3) is 0 Å². The second kappa shape index (κ2) is 7.30. The van der Waals surface area contributed by atoms with Gasteiger partial charge in [-0.15, -0.1) is 0 Å². The van der Waals surface area contributed by atoms with E-state index < -0.39 is 0 Å². The Morgan fingerprint density at radius 3 is 2.53 bits per heavy atom. The van der Waals surface area contributed by atoms with Crippen molar-refractivity contribution in [3.63, 3.8) is 0 Å². The minimum Gasteiger partial charge on any atom is -0.325 e. The topological polar surface area (TPSA) is 41.1 Å². The number of amides is 1. The second-order valence-corrected chi connectivity index (χ2v) is 4.85. The lowest BCUT2D eigenvalue weighted by Gasteiger charge is -2.08. The Morgan fingerprint density at radius 2 is 1.94 bits per heavy atom. The van der Waals surface area contributed by atoms with Crippen molar-refractivity contribution in [2.75, 3.05) is 18.4 Å². The Balaban J connectivity index is 2.23. The molecular formula is C13H19ClN2O. The first-order valence-electron chi connectivity index (χ1n) is 5.84. The maximum Gasteiger partial charge on any atom is 0.238 e. The number of halogens is 1. The molecule has 0 saturated carbocycles. The van der Waals surface area contributed by atoms with Crippen molar-refractivity contribution in [2.24, 2.45) is 5.92 Å². The van der Waals surface area contributed by atoms with Crippen molar-refractivity contribution in [1.29, 1.82) is 0 Å². The van der Waals surface area contributed by atoms with E-state index in [2.05, 4.69) is 24.5 Å². The summed E-state index contributed by atoms with van der Waals surface area (Å²) < 4.78 is 0. The molecule has 0 saturated heterocycles. The Labute approximate surface area is 108 Å². The minimum atomic E-state index is -0.0314. The number of benzene rings is 1. The largest absolute Gasteiger partial charge is 0.325 e. The maximum absolute atomic E-state index is 11.5. The first-order valence-corrected chi connectivity index (χ1v) is 6.22. The SMILES string of the molecule is CC(C)CCNCC(=O)Nc1ccc(Cl)cc1. The number of hydrogen-bond acceptors (Lipinski definition) is 2. The van der Waals surface area contributed by atoms with Crippen molar-refractivity contribution in [3.05, 3.63) is 29.3 Å². The maximum atomic E-state index is 11.5. The first kappa shape index (κ1) is 14.0. The van der Waals surface area contributed by atoms with Crippen LogP contribution in [0.2, 0.25) is 5.02 Å². The van der Waals surface area contributed by atoms with E-state index in [1.165, 1.54) is 0 Å². The second-order valence-electron chi connectivity index (χ2n) is 4.41. The summed E-state index contributed by atoms with van der Waals surface area (Å²) in [5, 5.41) is 6.57. The van der Waals surface area contributed by atoms with E-state index >= 15 is 0 Å². The molecule has 1 rings (SSSR count). The molecule has 94 valence electrons. The summed E-state index contributed by atoms with van der Waals surface area (Å²) in [7, 11) is 0. The van der Waals surface area contributed by atoms with Gasteiger partial charge in [0.1, 0.15) is 0 Å². The average molecular weight is 255 g/mol. The number of nitrogens with one attached hydrogen (secondary N) is 2. The first-order chi connectivity index (χ1) is 8.08. The predicted octanol–water partition coefficient (Wildman–Crippen LogP) is 2.91.